The number of ether oxygens (including phenoxy) is 1. The third kappa shape index (κ3) is 3.17. The van der Waals surface area contributed by atoms with Gasteiger partial charge in [-0.15, -0.1) is 23.4 Å². The Hall–Kier alpha value is -0.260. The summed E-state index contributed by atoms with van der Waals surface area (Å²) in [6.07, 6.45) is 0. The first-order valence-electron chi connectivity index (χ1n) is 3.69. The zero-order valence-electron chi connectivity index (χ0n) is 7.12. The highest BCUT2D eigenvalue weighted by Crippen LogP contribution is 2.26. The van der Waals surface area contributed by atoms with E-state index in [1.165, 1.54) is 18.7 Å². The molecule has 1 heterocycles. The van der Waals surface area contributed by atoms with Gasteiger partial charge in [0.05, 0.1) is 11.6 Å². The van der Waals surface area contributed by atoms with Crippen LogP contribution in [-0.4, -0.2) is 40.1 Å². The highest BCUT2D eigenvalue weighted by atomic mass is 35.5. The maximum atomic E-state index is 10.5. The Morgan fingerprint density at radius 1 is 1.92 bits per heavy atom. The van der Waals surface area contributed by atoms with Crippen LogP contribution in [0.5, 0.6) is 0 Å². The van der Waals surface area contributed by atoms with Crippen molar-refractivity contribution in [3.8, 4) is 0 Å². The van der Waals surface area contributed by atoms with Crippen molar-refractivity contribution in [2.24, 2.45) is 4.99 Å². The van der Waals surface area contributed by atoms with Crippen molar-refractivity contribution in [3.63, 3.8) is 0 Å². The number of rotatable bonds is 3. The highest BCUT2D eigenvalue weighted by molar-refractivity contribution is 8.14. The van der Waals surface area contributed by atoms with E-state index in [1.54, 1.807) is 0 Å². The molecule has 0 spiro atoms. The molecule has 1 rings (SSSR count). The number of nitrogens with zero attached hydrogens (tertiary/aromatic N) is 1. The van der Waals surface area contributed by atoms with Gasteiger partial charge in [0.1, 0.15) is 11.7 Å². The molecular formula is C7H10ClNO3S. The summed E-state index contributed by atoms with van der Waals surface area (Å²) in [4.78, 5) is 14.4. The molecule has 0 aromatic rings. The van der Waals surface area contributed by atoms with E-state index >= 15 is 0 Å². The number of halogens is 1. The number of esters is 1. The van der Waals surface area contributed by atoms with Crippen molar-refractivity contribution >= 4 is 34.4 Å². The van der Waals surface area contributed by atoms with Crippen LogP contribution in [0.3, 0.4) is 0 Å². The van der Waals surface area contributed by atoms with Gasteiger partial charge in [-0.2, -0.15) is 0 Å². The molecule has 0 aliphatic carbocycles. The van der Waals surface area contributed by atoms with Gasteiger partial charge in [-0.25, -0.2) is 4.99 Å². The van der Waals surface area contributed by atoms with Crippen LogP contribution in [0.25, 0.3) is 0 Å². The maximum Gasteiger partial charge on any atom is 0.303 e. The molecule has 4 nitrogen and oxygen atoms in total. The number of alkyl halides is 1. The van der Waals surface area contributed by atoms with Crippen molar-refractivity contribution in [3.05, 3.63) is 0 Å². The van der Waals surface area contributed by atoms with Crippen molar-refractivity contribution in [2.45, 2.75) is 12.6 Å². The van der Waals surface area contributed by atoms with Crippen molar-refractivity contribution < 1.29 is 14.6 Å². The summed E-state index contributed by atoms with van der Waals surface area (Å²) in [6.45, 7) is 1.45. The van der Waals surface area contributed by atoms with Gasteiger partial charge in [0, 0.05) is 6.92 Å². The van der Waals surface area contributed by atoms with Crippen LogP contribution in [0.1, 0.15) is 6.92 Å². The molecule has 6 heteroatoms. The largest absolute Gasteiger partial charge is 0.459 e. The van der Waals surface area contributed by atoms with Crippen molar-refractivity contribution in [2.75, 3.05) is 18.2 Å². The van der Waals surface area contributed by atoms with E-state index < -0.39 is 5.72 Å². The van der Waals surface area contributed by atoms with Crippen LogP contribution in [0.2, 0.25) is 0 Å². The standard InChI is InChI=1S/C7H10ClNO3S/c1-5(10)12-2-6-9-7(11,3-8)4-13-6/h11H,2-4H2,1H3. The highest BCUT2D eigenvalue weighted by Gasteiger charge is 2.32. The van der Waals surface area contributed by atoms with Gasteiger partial charge >= 0.3 is 5.97 Å². The molecule has 1 atom stereocenters. The van der Waals surface area contributed by atoms with Crippen molar-refractivity contribution in [1.29, 1.82) is 0 Å². The smallest absolute Gasteiger partial charge is 0.303 e. The van der Waals surface area contributed by atoms with E-state index in [4.69, 9.17) is 16.3 Å². The van der Waals surface area contributed by atoms with Gasteiger partial charge < -0.3 is 9.84 Å². The van der Waals surface area contributed by atoms with Crippen LogP contribution in [0.4, 0.5) is 0 Å². The topological polar surface area (TPSA) is 58.9 Å². The van der Waals surface area contributed by atoms with Crippen LogP contribution in [0, 0.1) is 0 Å². The molecule has 0 amide bonds. The molecular weight excluding hydrogens is 214 g/mol. The van der Waals surface area contributed by atoms with Crippen LogP contribution < -0.4 is 0 Å². The zero-order valence-corrected chi connectivity index (χ0v) is 8.69. The Labute approximate surface area is 85.3 Å². The molecule has 0 bridgehead atoms. The first-order chi connectivity index (χ1) is 6.06. The van der Waals surface area contributed by atoms with Gasteiger partial charge in [0.25, 0.3) is 0 Å². The monoisotopic (exact) mass is 223 g/mol. The van der Waals surface area contributed by atoms with E-state index in [0.29, 0.717) is 10.8 Å². The fourth-order valence-corrected chi connectivity index (χ4v) is 2.01. The van der Waals surface area contributed by atoms with Crippen LogP contribution in [-0.2, 0) is 9.53 Å². The average Bonchev–Trinajstić information content (AvgIpc) is 2.45. The molecule has 13 heavy (non-hydrogen) atoms. The molecule has 1 N–H and O–H groups in total. The number of aliphatic imine (C=N–C) groups is 1. The predicted molar refractivity (Wildman–Crippen MR) is 52.2 cm³/mol. The van der Waals surface area contributed by atoms with Crippen LogP contribution in [0.15, 0.2) is 4.99 Å². The Morgan fingerprint density at radius 3 is 3.08 bits per heavy atom. The lowest BCUT2D eigenvalue weighted by Gasteiger charge is -2.12. The molecule has 1 aliphatic rings. The quantitative estimate of drug-likeness (QED) is 0.563. The lowest BCUT2D eigenvalue weighted by Crippen LogP contribution is -2.28. The number of hydrogen-bond acceptors (Lipinski definition) is 5. The lowest BCUT2D eigenvalue weighted by molar-refractivity contribution is -0.139. The normalized spacial score (nSPS) is 27.2. The Morgan fingerprint density at radius 2 is 2.62 bits per heavy atom. The number of carbonyl (C=O) groups is 1. The maximum absolute atomic E-state index is 10.5. The summed E-state index contributed by atoms with van der Waals surface area (Å²) in [5.41, 5.74) is -1.18. The summed E-state index contributed by atoms with van der Waals surface area (Å²) in [6, 6.07) is 0. The summed E-state index contributed by atoms with van der Waals surface area (Å²) >= 11 is 6.85. The number of carbonyl (C=O) groups excluding carboxylic acids is 1. The molecule has 0 aromatic carbocycles. The fraction of sp³-hybridized carbons (Fsp3) is 0.714. The first kappa shape index (κ1) is 10.8. The summed E-state index contributed by atoms with van der Waals surface area (Å²) in [5, 5.41) is 10.2. The van der Waals surface area contributed by atoms with E-state index in [1.807, 2.05) is 0 Å². The fourth-order valence-electron chi connectivity index (χ4n) is 0.801. The molecule has 0 saturated carbocycles. The SMILES string of the molecule is CC(=O)OCC1=NC(O)(CCl)CS1. The van der Waals surface area contributed by atoms with E-state index in [9.17, 15) is 9.90 Å². The molecule has 0 saturated heterocycles. The average molecular weight is 224 g/mol. The Bertz CT molecular complexity index is 246. The first-order valence-corrected chi connectivity index (χ1v) is 5.21. The zero-order chi connectivity index (χ0) is 9.90. The minimum atomic E-state index is -1.18. The van der Waals surface area contributed by atoms with E-state index in [-0.39, 0.29) is 18.5 Å². The Kier molecular flexibility index (Phi) is 3.58. The molecule has 74 valence electrons. The minimum absolute atomic E-state index is 0.0591. The molecule has 0 aromatic heterocycles. The van der Waals surface area contributed by atoms with E-state index in [2.05, 4.69) is 4.99 Å². The van der Waals surface area contributed by atoms with Gasteiger partial charge in [0.2, 0.25) is 0 Å². The van der Waals surface area contributed by atoms with Gasteiger partial charge in [-0.05, 0) is 0 Å². The second-order valence-electron chi connectivity index (χ2n) is 2.69. The number of hydrogen-bond donors (Lipinski definition) is 1. The summed E-state index contributed by atoms with van der Waals surface area (Å²) < 4.78 is 4.72. The molecule has 0 fully saturated rings. The van der Waals surface area contributed by atoms with Crippen LogP contribution >= 0.6 is 23.4 Å². The molecule has 1 aliphatic heterocycles. The molecule has 0 radical (unpaired) electrons. The summed E-state index contributed by atoms with van der Waals surface area (Å²) in [5.74, 6) is 0.126. The third-order valence-electron chi connectivity index (χ3n) is 1.42. The molecule has 1 unspecified atom stereocenters. The van der Waals surface area contributed by atoms with Crippen molar-refractivity contribution in [1.82, 2.24) is 0 Å². The Balaban J connectivity index is 2.45. The predicted octanol–water partition coefficient (Wildman–Crippen LogP) is 0.622. The van der Waals surface area contributed by atoms with Gasteiger partial charge in [0.15, 0.2) is 5.72 Å². The number of aliphatic hydroxyl groups is 1. The lowest BCUT2D eigenvalue weighted by atomic mass is 10.3. The third-order valence-corrected chi connectivity index (χ3v) is 2.99. The van der Waals surface area contributed by atoms with Gasteiger partial charge in [-0.3, -0.25) is 4.79 Å². The summed E-state index contributed by atoms with van der Waals surface area (Å²) in [7, 11) is 0. The number of thioether (sulfide) groups is 1. The van der Waals surface area contributed by atoms with E-state index in [0.717, 1.165) is 0 Å². The minimum Gasteiger partial charge on any atom is -0.459 e. The van der Waals surface area contributed by atoms with Gasteiger partial charge in [-0.1, -0.05) is 0 Å². The second kappa shape index (κ2) is 4.30. The second-order valence-corrected chi connectivity index (χ2v) is 4.01.